The predicted molar refractivity (Wildman–Crippen MR) is 124 cm³/mol. The van der Waals surface area contributed by atoms with Gasteiger partial charge in [0.15, 0.2) is 11.6 Å². The van der Waals surface area contributed by atoms with Crippen LogP contribution in [0.1, 0.15) is 42.5 Å². The molecule has 1 fully saturated rings. The number of likely N-dealkylation sites (tertiary alicyclic amines) is 1. The van der Waals surface area contributed by atoms with Crippen molar-refractivity contribution in [3.8, 4) is 5.75 Å². The number of halogens is 4. The predicted octanol–water partition coefficient (Wildman–Crippen LogP) is 6.25. The van der Waals surface area contributed by atoms with Gasteiger partial charge in [0.2, 0.25) is 0 Å². The van der Waals surface area contributed by atoms with E-state index in [4.69, 9.17) is 38.4 Å². The maximum absolute atomic E-state index is 14.8. The van der Waals surface area contributed by atoms with Gasteiger partial charge in [-0.3, -0.25) is 4.90 Å². The first-order valence-corrected chi connectivity index (χ1v) is 11.9. The van der Waals surface area contributed by atoms with Crippen LogP contribution in [-0.4, -0.2) is 35.7 Å². The summed E-state index contributed by atoms with van der Waals surface area (Å²) in [5.41, 5.74) is 5.84. The van der Waals surface area contributed by atoms with Crippen molar-refractivity contribution in [2.45, 2.75) is 31.9 Å². The van der Waals surface area contributed by atoms with Crippen molar-refractivity contribution >= 4 is 50.8 Å². The molecule has 1 aliphatic heterocycles. The number of aromatic nitrogens is 1. The molecule has 1 aromatic heterocycles. The first-order valence-electron chi connectivity index (χ1n) is 10.3. The molecule has 176 valence electrons. The van der Waals surface area contributed by atoms with Crippen LogP contribution in [0.3, 0.4) is 0 Å². The quantitative estimate of drug-likeness (QED) is 0.376. The van der Waals surface area contributed by atoms with Gasteiger partial charge >= 0.3 is 6.09 Å². The molecule has 0 saturated carbocycles. The number of hydrogen-bond donors (Lipinski definition) is 1. The molecule has 1 aliphatic rings. The average molecular weight is 516 g/mol. The van der Waals surface area contributed by atoms with Crippen LogP contribution in [0, 0.1) is 11.6 Å². The minimum absolute atomic E-state index is 0.0345. The first-order chi connectivity index (χ1) is 15.7. The Morgan fingerprint density at radius 2 is 1.97 bits per heavy atom. The van der Waals surface area contributed by atoms with Crippen molar-refractivity contribution in [1.29, 1.82) is 0 Å². The molecule has 6 nitrogen and oxygen atoms in total. The second-order valence-electron chi connectivity index (χ2n) is 7.71. The molecular formula is C22H21Cl2F2N3O3S. The van der Waals surface area contributed by atoms with E-state index in [9.17, 15) is 13.6 Å². The van der Waals surface area contributed by atoms with Gasteiger partial charge in [0.1, 0.15) is 23.5 Å². The van der Waals surface area contributed by atoms with E-state index in [1.165, 1.54) is 23.5 Å². The number of primary amides is 1. The lowest BCUT2D eigenvalue weighted by atomic mass is 10.1. The standard InChI is InChI=1S/C22H21Cl2F2N3O3S/c1-11(19-12(23)4-5-13(25)20(19)24)32-17-9-18-15(8-14(17)26)28-21(33-18)16(10-31-22(27)30)29-6-2-3-7-29/h4-5,8-9,11,16H,2-3,6-7,10H2,1H3,(H2,27,30). The van der Waals surface area contributed by atoms with E-state index in [0.29, 0.717) is 15.2 Å². The normalized spacial score (nSPS) is 16.2. The van der Waals surface area contributed by atoms with Crippen LogP contribution in [0.2, 0.25) is 10.0 Å². The fourth-order valence-corrected chi connectivity index (χ4v) is 5.67. The largest absolute Gasteiger partial charge is 0.483 e. The summed E-state index contributed by atoms with van der Waals surface area (Å²) in [6.45, 7) is 3.36. The number of thiazole rings is 1. The third kappa shape index (κ3) is 5.16. The van der Waals surface area contributed by atoms with E-state index < -0.39 is 23.8 Å². The number of ether oxygens (including phenoxy) is 2. The van der Waals surface area contributed by atoms with Gasteiger partial charge in [0, 0.05) is 22.7 Å². The lowest BCUT2D eigenvalue weighted by Crippen LogP contribution is -2.31. The van der Waals surface area contributed by atoms with Crippen LogP contribution in [0.15, 0.2) is 24.3 Å². The Labute approximate surface area is 203 Å². The van der Waals surface area contributed by atoms with Crippen molar-refractivity contribution in [2.75, 3.05) is 19.7 Å². The minimum atomic E-state index is -0.856. The maximum Gasteiger partial charge on any atom is 0.404 e. The Bertz CT molecular complexity index is 1190. The van der Waals surface area contributed by atoms with Gasteiger partial charge in [-0.15, -0.1) is 11.3 Å². The molecule has 2 aromatic carbocycles. The summed E-state index contributed by atoms with van der Waals surface area (Å²) < 4.78 is 40.3. The fraction of sp³-hybridized carbons (Fsp3) is 0.364. The van der Waals surface area contributed by atoms with Crippen molar-refractivity contribution in [2.24, 2.45) is 5.73 Å². The highest BCUT2D eigenvalue weighted by molar-refractivity contribution is 7.18. The first kappa shape index (κ1) is 23.9. The van der Waals surface area contributed by atoms with E-state index >= 15 is 0 Å². The number of nitrogens with zero attached hydrogens (tertiary/aromatic N) is 2. The Morgan fingerprint density at radius 3 is 2.67 bits per heavy atom. The van der Waals surface area contributed by atoms with Crippen molar-refractivity contribution < 1.29 is 23.0 Å². The number of carbonyl (C=O) groups is 1. The molecule has 0 spiro atoms. The summed E-state index contributed by atoms with van der Waals surface area (Å²) in [6.07, 6.45) is 0.411. The highest BCUT2D eigenvalue weighted by Crippen LogP contribution is 2.38. The Hall–Kier alpha value is -2.20. The zero-order chi connectivity index (χ0) is 23.7. The number of benzene rings is 2. The molecule has 2 atom stereocenters. The second-order valence-corrected chi connectivity index (χ2v) is 9.56. The second kappa shape index (κ2) is 9.97. The molecule has 33 heavy (non-hydrogen) atoms. The Kier molecular flexibility index (Phi) is 7.23. The van der Waals surface area contributed by atoms with Crippen molar-refractivity contribution in [1.82, 2.24) is 9.88 Å². The molecule has 1 saturated heterocycles. The minimum Gasteiger partial charge on any atom is -0.483 e. The molecule has 1 amide bonds. The van der Waals surface area contributed by atoms with Crippen LogP contribution in [0.4, 0.5) is 13.6 Å². The molecule has 0 aliphatic carbocycles. The smallest absolute Gasteiger partial charge is 0.404 e. The number of carbonyl (C=O) groups excluding carboxylic acids is 1. The number of amides is 1. The van der Waals surface area contributed by atoms with Gasteiger partial charge in [0.25, 0.3) is 0 Å². The molecule has 4 rings (SSSR count). The molecule has 0 radical (unpaired) electrons. The van der Waals surface area contributed by atoms with Crippen LogP contribution in [0.5, 0.6) is 5.75 Å². The molecular weight excluding hydrogens is 495 g/mol. The molecule has 11 heteroatoms. The summed E-state index contributed by atoms with van der Waals surface area (Å²) in [5, 5.41) is 0.742. The molecule has 2 unspecified atom stereocenters. The van der Waals surface area contributed by atoms with Gasteiger partial charge in [-0.05, 0) is 45.0 Å². The molecule has 2 N–H and O–H groups in total. The van der Waals surface area contributed by atoms with E-state index in [-0.39, 0.29) is 34.0 Å². The highest BCUT2D eigenvalue weighted by Gasteiger charge is 2.28. The van der Waals surface area contributed by atoms with Gasteiger partial charge < -0.3 is 15.2 Å². The lowest BCUT2D eigenvalue weighted by molar-refractivity contribution is 0.107. The van der Waals surface area contributed by atoms with Gasteiger partial charge in [0.05, 0.1) is 21.3 Å². The van der Waals surface area contributed by atoms with E-state index in [1.54, 1.807) is 13.0 Å². The fourth-order valence-electron chi connectivity index (χ4n) is 3.89. The third-order valence-electron chi connectivity index (χ3n) is 5.50. The topological polar surface area (TPSA) is 77.7 Å². The third-order valence-corrected chi connectivity index (χ3v) is 7.33. The maximum atomic E-state index is 14.8. The molecule has 3 aromatic rings. The summed E-state index contributed by atoms with van der Waals surface area (Å²) >= 11 is 13.6. The van der Waals surface area contributed by atoms with Crippen LogP contribution < -0.4 is 10.5 Å². The molecule has 0 bridgehead atoms. The van der Waals surface area contributed by atoms with Gasteiger partial charge in [-0.2, -0.15) is 0 Å². The SMILES string of the molecule is CC(Oc1cc2sc(C(COC(N)=O)N3CCCC3)nc2cc1F)c1c(Cl)ccc(F)c1Cl. The number of nitrogens with two attached hydrogens (primary N) is 1. The summed E-state index contributed by atoms with van der Waals surface area (Å²) in [6, 6.07) is 5.08. The summed E-state index contributed by atoms with van der Waals surface area (Å²) in [7, 11) is 0. The average Bonchev–Trinajstić information content (AvgIpc) is 3.42. The number of hydrogen-bond acceptors (Lipinski definition) is 6. The van der Waals surface area contributed by atoms with Crippen molar-refractivity contribution in [3.05, 3.63) is 56.5 Å². The zero-order valence-corrected chi connectivity index (χ0v) is 19.9. The molecule has 2 heterocycles. The van der Waals surface area contributed by atoms with E-state index in [1.807, 2.05) is 0 Å². The van der Waals surface area contributed by atoms with E-state index in [0.717, 1.165) is 32.0 Å². The van der Waals surface area contributed by atoms with Crippen LogP contribution in [-0.2, 0) is 4.74 Å². The highest BCUT2D eigenvalue weighted by atomic mass is 35.5. The van der Waals surface area contributed by atoms with E-state index in [2.05, 4.69) is 9.88 Å². The number of rotatable bonds is 7. The Balaban J connectivity index is 1.63. The Morgan fingerprint density at radius 1 is 1.24 bits per heavy atom. The van der Waals surface area contributed by atoms with Crippen LogP contribution in [0.25, 0.3) is 10.2 Å². The summed E-state index contributed by atoms with van der Waals surface area (Å²) in [5.74, 6) is -1.30. The lowest BCUT2D eigenvalue weighted by Gasteiger charge is -2.24. The zero-order valence-electron chi connectivity index (χ0n) is 17.6. The van der Waals surface area contributed by atoms with Gasteiger partial charge in [-0.1, -0.05) is 23.2 Å². The number of fused-ring (bicyclic) bond motifs is 1. The van der Waals surface area contributed by atoms with Gasteiger partial charge in [-0.25, -0.2) is 18.6 Å². The van der Waals surface area contributed by atoms with Crippen molar-refractivity contribution in [3.63, 3.8) is 0 Å². The van der Waals surface area contributed by atoms with Crippen LogP contribution >= 0.6 is 34.5 Å². The summed E-state index contributed by atoms with van der Waals surface area (Å²) in [4.78, 5) is 17.9. The monoisotopic (exact) mass is 515 g/mol.